The number of hydrogen-bond donors (Lipinski definition) is 3. The number of carbonyl (C=O) groups excluding carboxylic acids is 3. The van der Waals surface area contributed by atoms with E-state index in [1.807, 2.05) is 13.8 Å². The van der Waals surface area contributed by atoms with Crippen LogP contribution in [0.4, 0.5) is 4.39 Å². The molecule has 0 saturated carbocycles. The normalized spacial score (nSPS) is 18.7. The van der Waals surface area contributed by atoms with Crippen molar-refractivity contribution >= 4 is 17.7 Å². The van der Waals surface area contributed by atoms with E-state index in [-0.39, 0.29) is 48.7 Å². The number of H-pyrrole nitrogens is 1. The number of nitrogens with zero attached hydrogens (tertiary/aromatic N) is 5. The minimum atomic E-state index is -0.861. The van der Waals surface area contributed by atoms with Gasteiger partial charge in [-0.3, -0.25) is 19.5 Å². The molecular formula is C29H37FN8O4. The van der Waals surface area contributed by atoms with Crippen LogP contribution in [-0.4, -0.2) is 80.1 Å². The Morgan fingerprint density at radius 3 is 2.81 bits per heavy atom. The van der Waals surface area contributed by atoms with Crippen LogP contribution in [0.3, 0.4) is 0 Å². The van der Waals surface area contributed by atoms with E-state index in [0.717, 1.165) is 43.0 Å². The number of nitrogens with one attached hydrogen (secondary N) is 3. The van der Waals surface area contributed by atoms with Crippen LogP contribution in [0.5, 0.6) is 5.75 Å². The molecule has 5 rings (SSSR count). The van der Waals surface area contributed by atoms with Gasteiger partial charge in [-0.1, -0.05) is 19.1 Å². The lowest BCUT2D eigenvalue weighted by Crippen LogP contribution is -2.49. The van der Waals surface area contributed by atoms with Crippen LogP contribution in [0.2, 0.25) is 0 Å². The molecule has 2 aliphatic rings. The molecule has 0 fully saturated rings. The SMILES string of the molecule is CC(C)C[C@H]1NC(=O)c2cc(F)ccc2OCCn2cc(nn2)CCN(C(=O)c2n[nH]c3c2CCCC3)CCNC1=O. The van der Waals surface area contributed by atoms with Gasteiger partial charge in [0.2, 0.25) is 5.91 Å². The summed E-state index contributed by atoms with van der Waals surface area (Å²) in [6.45, 7) is 5.15. The van der Waals surface area contributed by atoms with Crippen molar-refractivity contribution in [2.75, 3.05) is 26.2 Å². The summed E-state index contributed by atoms with van der Waals surface area (Å²) in [5.41, 5.74) is 3.10. The number of aryl methyl sites for hydroxylation is 1. The molecule has 1 aliphatic heterocycles. The van der Waals surface area contributed by atoms with E-state index in [9.17, 15) is 18.8 Å². The summed E-state index contributed by atoms with van der Waals surface area (Å²) in [6.07, 6.45) is 6.36. The second-order valence-electron chi connectivity index (χ2n) is 11.2. The number of rotatable bonds is 3. The quantitative estimate of drug-likeness (QED) is 0.430. The second-order valence-corrected chi connectivity index (χ2v) is 11.2. The third-order valence-electron chi connectivity index (χ3n) is 7.54. The summed E-state index contributed by atoms with van der Waals surface area (Å²) in [5.74, 6) is -1.50. The smallest absolute Gasteiger partial charge is 0.274 e. The molecule has 2 bridgehead atoms. The lowest BCUT2D eigenvalue weighted by molar-refractivity contribution is -0.123. The number of aromatic nitrogens is 5. The number of halogens is 1. The first kappa shape index (κ1) is 29.2. The molecule has 13 heteroatoms. The molecule has 1 aromatic carbocycles. The highest BCUT2D eigenvalue weighted by molar-refractivity contribution is 5.99. The van der Waals surface area contributed by atoms with Crippen molar-refractivity contribution in [3.05, 3.63) is 58.4 Å². The average Bonchev–Trinajstić information content (AvgIpc) is 3.61. The van der Waals surface area contributed by atoms with Crippen LogP contribution in [0, 0.1) is 11.7 Å². The van der Waals surface area contributed by atoms with Crippen LogP contribution >= 0.6 is 0 Å². The van der Waals surface area contributed by atoms with Crippen molar-refractivity contribution in [2.45, 2.75) is 65.0 Å². The van der Waals surface area contributed by atoms with Gasteiger partial charge in [-0.25, -0.2) is 9.07 Å². The molecule has 0 spiro atoms. The van der Waals surface area contributed by atoms with Gasteiger partial charge in [0.15, 0.2) is 5.69 Å². The van der Waals surface area contributed by atoms with Crippen molar-refractivity contribution in [1.82, 2.24) is 40.7 Å². The van der Waals surface area contributed by atoms with Crippen molar-refractivity contribution in [1.29, 1.82) is 0 Å². The molecule has 1 atom stereocenters. The van der Waals surface area contributed by atoms with E-state index in [1.165, 1.54) is 12.1 Å². The molecule has 2 aromatic heterocycles. The lowest BCUT2D eigenvalue weighted by Gasteiger charge is -2.24. The number of amides is 3. The minimum absolute atomic E-state index is 0.00365. The van der Waals surface area contributed by atoms with Crippen LogP contribution in [0.15, 0.2) is 24.4 Å². The molecular weight excluding hydrogens is 543 g/mol. The first-order chi connectivity index (χ1) is 20.3. The van der Waals surface area contributed by atoms with Gasteiger partial charge in [-0.2, -0.15) is 5.10 Å². The zero-order valence-electron chi connectivity index (χ0n) is 24.0. The summed E-state index contributed by atoms with van der Waals surface area (Å²) in [4.78, 5) is 41.9. The van der Waals surface area contributed by atoms with Crippen LogP contribution in [0.1, 0.15) is 70.9 Å². The Balaban J connectivity index is 1.39. The zero-order valence-corrected chi connectivity index (χ0v) is 24.0. The van der Waals surface area contributed by atoms with Gasteiger partial charge in [0, 0.05) is 43.5 Å². The maximum Gasteiger partial charge on any atom is 0.274 e. The highest BCUT2D eigenvalue weighted by atomic mass is 19.1. The van der Waals surface area contributed by atoms with Crippen molar-refractivity contribution < 1.29 is 23.5 Å². The highest BCUT2D eigenvalue weighted by Gasteiger charge is 2.28. The average molecular weight is 581 g/mol. The van der Waals surface area contributed by atoms with Gasteiger partial charge < -0.3 is 20.3 Å². The lowest BCUT2D eigenvalue weighted by atomic mass is 9.95. The van der Waals surface area contributed by atoms with E-state index in [1.54, 1.807) is 15.8 Å². The Morgan fingerprint density at radius 1 is 1.14 bits per heavy atom. The fourth-order valence-corrected chi connectivity index (χ4v) is 5.37. The van der Waals surface area contributed by atoms with Gasteiger partial charge in [-0.05, 0) is 56.2 Å². The molecule has 1 aliphatic carbocycles. The minimum Gasteiger partial charge on any atom is -0.491 e. The van der Waals surface area contributed by atoms with Gasteiger partial charge in [0.05, 0.1) is 17.8 Å². The van der Waals surface area contributed by atoms with Crippen molar-refractivity contribution in [2.24, 2.45) is 5.92 Å². The van der Waals surface area contributed by atoms with E-state index in [4.69, 9.17) is 4.74 Å². The number of fused-ring (bicyclic) bond motifs is 4. The molecule has 3 amide bonds. The zero-order chi connectivity index (χ0) is 29.6. The van der Waals surface area contributed by atoms with Gasteiger partial charge in [-0.15, -0.1) is 5.10 Å². The number of benzene rings is 1. The van der Waals surface area contributed by atoms with Crippen LogP contribution < -0.4 is 15.4 Å². The molecule has 12 nitrogen and oxygen atoms in total. The third kappa shape index (κ3) is 6.94. The molecule has 0 unspecified atom stereocenters. The summed E-state index contributed by atoms with van der Waals surface area (Å²) in [7, 11) is 0. The predicted octanol–water partition coefficient (Wildman–Crippen LogP) is 2.06. The summed E-state index contributed by atoms with van der Waals surface area (Å²) < 4.78 is 21.6. The van der Waals surface area contributed by atoms with Gasteiger partial charge in [0.25, 0.3) is 11.8 Å². The predicted molar refractivity (Wildman–Crippen MR) is 150 cm³/mol. The second kappa shape index (κ2) is 13.1. The topological polar surface area (TPSA) is 147 Å². The van der Waals surface area contributed by atoms with E-state index < -0.39 is 17.8 Å². The van der Waals surface area contributed by atoms with Gasteiger partial charge >= 0.3 is 0 Å². The number of hydrogen-bond acceptors (Lipinski definition) is 7. The third-order valence-corrected chi connectivity index (χ3v) is 7.54. The Labute approximate surface area is 243 Å². The fraction of sp³-hybridized carbons (Fsp3) is 0.517. The highest BCUT2D eigenvalue weighted by Crippen LogP contribution is 2.24. The Kier molecular flexibility index (Phi) is 9.13. The maximum atomic E-state index is 14.1. The molecule has 3 heterocycles. The Bertz CT molecular complexity index is 1430. The molecule has 224 valence electrons. The summed E-state index contributed by atoms with van der Waals surface area (Å²) >= 11 is 0. The Morgan fingerprint density at radius 2 is 1.98 bits per heavy atom. The number of carbonyl (C=O) groups is 3. The standard InChI is InChI=1S/C29H37FN8O4/c1-18(2)15-24-28(40)31-10-12-37(29(41)26-21-5-3-4-6-23(21)34-35-26)11-9-20-17-38(36-33-20)13-14-42-25-8-7-19(30)16-22(25)27(39)32-24/h7-8,16-18,24H,3-6,9-15H2,1-2H3,(H,31,40)(H,32,39)(H,34,35)/t24-/m1/s1. The molecule has 3 aromatic rings. The number of aromatic amines is 1. The monoisotopic (exact) mass is 580 g/mol. The summed E-state index contributed by atoms with van der Waals surface area (Å²) in [5, 5.41) is 21.4. The maximum absolute atomic E-state index is 14.1. The van der Waals surface area contributed by atoms with E-state index in [0.29, 0.717) is 37.3 Å². The van der Waals surface area contributed by atoms with Gasteiger partial charge in [0.1, 0.15) is 24.2 Å². The molecule has 0 radical (unpaired) electrons. The molecule has 0 saturated heterocycles. The van der Waals surface area contributed by atoms with Crippen molar-refractivity contribution in [3.63, 3.8) is 0 Å². The van der Waals surface area contributed by atoms with Crippen molar-refractivity contribution in [3.8, 4) is 5.75 Å². The number of ether oxygens (including phenoxy) is 1. The van der Waals surface area contributed by atoms with E-state index >= 15 is 0 Å². The largest absolute Gasteiger partial charge is 0.491 e. The first-order valence-corrected chi connectivity index (χ1v) is 14.5. The van der Waals surface area contributed by atoms with E-state index in [2.05, 4.69) is 31.1 Å². The summed E-state index contributed by atoms with van der Waals surface area (Å²) in [6, 6.07) is 2.85. The first-order valence-electron chi connectivity index (χ1n) is 14.5. The van der Waals surface area contributed by atoms with Crippen LogP contribution in [0.25, 0.3) is 0 Å². The Hall–Kier alpha value is -4.29. The fourth-order valence-electron chi connectivity index (χ4n) is 5.37. The van der Waals surface area contributed by atoms with Crippen LogP contribution in [-0.2, 0) is 30.6 Å². The molecule has 3 N–H and O–H groups in total. The molecule has 42 heavy (non-hydrogen) atoms.